The van der Waals surface area contributed by atoms with Crippen molar-refractivity contribution in [3.05, 3.63) is 0 Å². The second-order valence-corrected chi connectivity index (χ2v) is 6.77. The van der Waals surface area contributed by atoms with Gasteiger partial charge in [-0.3, -0.25) is 4.57 Å². The summed E-state index contributed by atoms with van der Waals surface area (Å²) in [7, 11) is -2.98. The van der Waals surface area contributed by atoms with E-state index in [0.717, 1.165) is 12.8 Å². The average molecular weight is 264 g/mol. The largest absolute Gasteiger partial charge is 0.374 e. The molecule has 102 valence electrons. The Morgan fingerprint density at radius 3 is 2.29 bits per heavy atom. The van der Waals surface area contributed by atoms with Crippen LogP contribution in [0, 0.1) is 5.92 Å². The number of ether oxygens (including phenoxy) is 1. The number of hydrogen-bond acceptors (Lipinski definition) is 4. The lowest BCUT2D eigenvalue weighted by Crippen LogP contribution is -2.35. The van der Waals surface area contributed by atoms with Crippen LogP contribution in [0.25, 0.3) is 0 Å². The lowest BCUT2D eigenvalue weighted by Gasteiger charge is -2.34. The molecule has 0 N–H and O–H groups in total. The maximum Gasteiger partial charge on any atom is 0.333 e. The molecule has 0 aromatic rings. The molecule has 0 spiro atoms. The van der Waals surface area contributed by atoms with Gasteiger partial charge in [0.05, 0.1) is 31.6 Å². The fourth-order valence-electron chi connectivity index (χ4n) is 2.16. The van der Waals surface area contributed by atoms with Crippen molar-refractivity contribution in [3.63, 3.8) is 0 Å². The lowest BCUT2D eigenvalue weighted by atomic mass is 9.95. The van der Waals surface area contributed by atoms with E-state index < -0.39 is 7.60 Å². The monoisotopic (exact) mass is 264 g/mol. The van der Waals surface area contributed by atoms with Crippen LogP contribution in [0.3, 0.4) is 0 Å². The quantitative estimate of drug-likeness (QED) is 0.689. The normalized spacial score (nSPS) is 30.5. The molecule has 1 aliphatic heterocycles. The second kappa shape index (κ2) is 6.89. The Morgan fingerprint density at radius 2 is 1.76 bits per heavy atom. The molecule has 0 aromatic carbocycles. The Labute approximate surface area is 105 Å². The zero-order valence-corrected chi connectivity index (χ0v) is 12.2. The van der Waals surface area contributed by atoms with Crippen molar-refractivity contribution in [3.8, 4) is 0 Å². The van der Waals surface area contributed by atoms with Gasteiger partial charge in [-0.1, -0.05) is 6.92 Å². The van der Waals surface area contributed by atoms with Gasteiger partial charge in [0.1, 0.15) is 0 Å². The molecule has 1 aliphatic rings. The Balaban J connectivity index is 2.61. The minimum absolute atomic E-state index is 0.0114. The van der Waals surface area contributed by atoms with Crippen molar-refractivity contribution in [2.45, 2.75) is 52.7 Å². The SMILES string of the molecule is CCOP(=O)(C[C@H]1O[C@@H](C)CC[C@@H]1C)OCC. The first-order valence-electron chi connectivity index (χ1n) is 6.54. The molecule has 1 heterocycles. The average Bonchev–Trinajstić information content (AvgIpc) is 2.24. The third-order valence-corrected chi connectivity index (χ3v) is 5.24. The van der Waals surface area contributed by atoms with E-state index in [0.29, 0.717) is 25.3 Å². The van der Waals surface area contributed by atoms with Gasteiger partial charge in [0.15, 0.2) is 0 Å². The van der Waals surface area contributed by atoms with Crippen LogP contribution in [-0.4, -0.2) is 31.6 Å². The highest BCUT2D eigenvalue weighted by Crippen LogP contribution is 2.50. The van der Waals surface area contributed by atoms with Crippen molar-refractivity contribution in [2.24, 2.45) is 5.92 Å². The van der Waals surface area contributed by atoms with Gasteiger partial charge in [-0.25, -0.2) is 0 Å². The number of hydrogen-bond donors (Lipinski definition) is 0. The van der Waals surface area contributed by atoms with Crippen LogP contribution in [0.5, 0.6) is 0 Å². The summed E-state index contributed by atoms with van der Waals surface area (Å²) >= 11 is 0. The van der Waals surface area contributed by atoms with E-state index in [-0.39, 0.29) is 12.2 Å². The molecular formula is C12H25O4P. The molecule has 0 bridgehead atoms. The van der Waals surface area contributed by atoms with E-state index in [9.17, 15) is 4.57 Å². The van der Waals surface area contributed by atoms with Crippen molar-refractivity contribution in [1.29, 1.82) is 0 Å². The van der Waals surface area contributed by atoms with Gasteiger partial charge in [-0.15, -0.1) is 0 Å². The Hall–Kier alpha value is 0.110. The summed E-state index contributed by atoms with van der Waals surface area (Å²) in [5.74, 6) is 0.417. The molecule has 4 nitrogen and oxygen atoms in total. The predicted molar refractivity (Wildman–Crippen MR) is 68.5 cm³/mol. The predicted octanol–water partition coefficient (Wildman–Crippen LogP) is 3.46. The van der Waals surface area contributed by atoms with E-state index in [1.165, 1.54) is 0 Å². The van der Waals surface area contributed by atoms with Crippen LogP contribution >= 0.6 is 7.60 Å². The van der Waals surface area contributed by atoms with Crippen LogP contribution < -0.4 is 0 Å². The molecule has 5 heteroatoms. The zero-order valence-electron chi connectivity index (χ0n) is 11.3. The summed E-state index contributed by atoms with van der Waals surface area (Å²) in [5.41, 5.74) is 0. The third kappa shape index (κ3) is 4.70. The molecule has 0 aromatic heterocycles. The highest BCUT2D eigenvalue weighted by Gasteiger charge is 2.35. The van der Waals surface area contributed by atoms with E-state index in [1.807, 2.05) is 13.8 Å². The summed E-state index contributed by atoms with van der Waals surface area (Å²) in [5, 5.41) is 0. The molecule has 0 saturated carbocycles. The van der Waals surface area contributed by atoms with Crippen molar-refractivity contribution in [2.75, 3.05) is 19.4 Å². The van der Waals surface area contributed by atoms with E-state index >= 15 is 0 Å². The molecule has 1 fully saturated rings. The van der Waals surface area contributed by atoms with Gasteiger partial charge in [0, 0.05) is 0 Å². The molecule has 3 atom stereocenters. The fourth-order valence-corrected chi connectivity index (χ4v) is 4.12. The van der Waals surface area contributed by atoms with E-state index in [1.54, 1.807) is 0 Å². The zero-order chi connectivity index (χ0) is 12.9. The molecule has 0 radical (unpaired) electrons. The van der Waals surface area contributed by atoms with Gasteiger partial charge < -0.3 is 13.8 Å². The molecule has 17 heavy (non-hydrogen) atoms. The first kappa shape index (κ1) is 15.2. The molecule has 0 amide bonds. The summed E-state index contributed by atoms with van der Waals surface area (Å²) in [6.45, 7) is 8.69. The van der Waals surface area contributed by atoms with Crippen LogP contribution in [0.15, 0.2) is 0 Å². The number of rotatable bonds is 6. The van der Waals surface area contributed by atoms with Gasteiger partial charge in [-0.05, 0) is 39.5 Å². The highest BCUT2D eigenvalue weighted by atomic mass is 31.2. The standard InChI is InChI=1S/C12H25O4P/c1-5-14-17(13,15-6-2)9-12-10(3)7-8-11(4)16-12/h10-12H,5-9H2,1-4H3/t10-,11-,12+/m0/s1. The van der Waals surface area contributed by atoms with Gasteiger partial charge in [0.2, 0.25) is 0 Å². The van der Waals surface area contributed by atoms with Crippen LogP contribution in [0.2, 0.25) is 0 Å². The van der Waals surface area contributed by atoms with Gasteiger partial charge in [-0.2, -0.15) is 0 Å². The summed E-state index contributed by atoms with van der Waals surface area (Å²) in [6.07, 6.45) is 2.80. The molecular weight excluding hydrogens is 239 g/mol. The summed E-state index contributed by atoms with van der Waals surface area (Å²) in [4.78, 5) is 0. The minimum Gasteiger partial charge on any atom is -0.374 e. The minimum atomic E-state index is -2.98. The summed E-state index contributed by atoms with van der Waals surface area (Å²) in [6, 6.07) is 0. The topological polar surface area (TPSA) is 44.8 Å². The van der Waals surface area contributed by atoms with Crippen LogP contribution in [-0.2, 0) is 18.3 Å². The van der Waals surface area contributed by atoms with E-state index in [2.05, 4.69) is 13.8 Å². The molecule has 1 rings (SSSR count). The molecule has 0 unspecified atom stereocenters. The second-order valence-electron chi connectivity index (χ2n) is 4.67. The van der Waals surface area contributed by atoms with E-state index in [4.69, 9.17) is 13.8 Å². The Kier molecular flexibility index (Phi) is 6.14. The lowest BCUT2D eigenvalue weighted by molar-refractivity contribution is -0.0600. The highest BCUT2D eigenvalue weighted by molar-refractivity contribution is 7.53. The Morgan fingerprint density at radius 1 is 1.18 bits per heavy atom. The fraction of sp³-hybridized carbons (Fsp3) is 1.00. The van der Waals surface area contributed by atoms with Gasteiger partial charge >= 0.3 is 7.60 Å². The first-order chi connectivity index (χ1) is 8.00. The first-order valence-corrected chi connectivity index (χ1v) is 8.27. The van der Waals surface area contributed by atoms with Crippen molar-refractivity contribution >= 4 is 7.60 Å². The smallest absolute Gasteiger partial charge is 0.333 e. The molecule has 1 saturated heterocycles. The third-order valence-electron chi connectivity index (χ3n) is 3.13. The van der Waals surface area contributed by atoms with Gasteiger partial charge in [0.25, 0.3) is 0 Å². The maximum atomic E-state index is 12.4. The van der Waals surface area contributed by atoms with Crippen molar-refractivity contribution in [1.82, 2.24) is 0 Å². The molecule has 0 aliphatic carbocycles. The van der Waals surface area contributed by atoms with Crippen molar-refractivity contribution < 1.29 is 18.3 Å². The summed E-state index contributed by atoms with van der Waals surface area (Å²) < 4.78 is 28.9. The Bertz CT molecular complexity index is 259. The van der Waals surface area contributed by atoms with Crippen LogP contribution in [0.4, 0.5) is 0 Å². The maximum absolute atomic E-state index is 12.4. The van der Waals surface area contributed by atoms with Crippen LogP contribution in [0.1, 0.15) is 40.5 Å².